The Kier molecular flexibility index (Phi) is 3.97. The van der Waals surface area contributed by atoms with E-state index in [0.29, 0.717) is 0 Å². The molecule has 0 fully saturated rings. The minimum absolute atomic E-state index is 0.840. The molecule has 2 aromatic rings. The second-order valence-corrected chi connectivity index (χ2v) is 6.11. The molecule has 0 saturated heterocycles. The lowest BCUT2D eigenvalue weighted by atomic mass is 10.1. The van der Waals surface area contributed by atoms with Gasteiger partial charge in [-0.3, -0.25) is 0 Å². The molecule has 1 N–H and O–H groups in total. The molecular weight excluding hydrogens is 314 g/mol. The molecule has 0 spiro atoms. The van der Waals surface area contributed by atoms with E-state index in [4.69, 9.17) is 4.74 Å². The third-order valence-corrected chi connectivity index (χ3v) is 4.22. The third-order valence-electron chi connectivity index (χ3n) is 3.77. The largest absolute Gasteiger partial charge is 0.497 e. The maximum absolute atomic E-state index is 5.28. The molecule has 0 atom stereocenters. The summed E-state index contributed by atoms with van der Waals surface area (Å²) in [5.74, 6) is 0.857. The van der Waals surface area contributed by atoms with E-state index in [1.165, 1.54) is 36.0 Å². The van der Waals surface area contributed by atoms with Crippen LogP contribution in [0.4, 0.5) is 5.69 Å². The fourth-order valence-corrected chi connectivity index (χ4v) is 3.19. The van der Waals surface area contributed by atoms with Gasteiger partial charge < -0.3 is 10.1 Å². The molecule has 1 aliphatic rings. The second-order valence-electron chi connectivity index (χ2n) is 5.19. The van der Waals surface area contributed by atoms with Gasteiger partial charge in [0, 0.05) is 22.8 Å². The van der Waals surface area contributed by atoms with E-state index in [9.17, 15) is 0 Å². The Morgan fingerprint density at radius 2 is 1.95 bits per heavy atom. The van der Waals surface area contributed by atoms with Crippen LogP contribution in [0.5, 0.6) is 5.75 Å². The van der Waals surface area contributed by atoms with Crippen LogP contribution in [0.25, 0.3) is 0 Å². The van der Waals surface area contributed by atoms with E-state index < -0.39 is 0 Å². The maximum Gasteiger partial charge on any atom is 0.122 e. The van der Waals surface area contributed by atoms with Crippen LogP contribution in [0.15, 0.2) is 40.9 Å². The molecule has 0 amide bonds. The first kappa shape index (κ1) is 13.5. The first-order chi connectivity index (χ1) is 9.74. The van der Waals surface area contributed by atoms with Gasteiger partial charge in [0.15, 0.2) is 0 Å². The van der Waals surface area contributed by atoms with Crippen LogP contribution in [-0.2, 0) is 19.4 Å². The number of rotatable bonds is 4. The summed E-state index contributed by atoms with van der Waals surface area (Å²) in [5, 5.41) is 3.46. The van der Waals surface area contributed by atoms with Crippen molar-refractivity contribution in [1.82, 2.24) is 0 Å². The molecule has 0 radical (unpaired) electrons. The molecule has 0 aromatic heterocycles. The number of hydrogen-bond acceptors (Lipinski definition) is 2. The maximum atomic E-state index is 5.28. The van der Waals surface area contributed by atoms with E-state index in [1.807, 2.05) is 12.1 Å². The summed E-state index contributed by atoms with van der Waals surface area (Å²) in [7, 11) is 1.69. The van der Waals surface area contributed by atoms with Crippen molar-refractivity contribution in [2.45, 2.75) is 25.8 Å². The van der Waals surface area contributed by atoms with Gasteiger partial charge in [0.1, 0.15) is 5.75 Å². The molecule has 3 rings (SSSR count). The van der Waals surface area contributed by atoms with Crippen LogP contribution in [0, 0.1) is 0 Å². The highest BCUT2D eigenvalue weighted by Crippen LogP contribution is 2.26. The molecule has 104 valence electrons. The summed E-state index contributed by atoms with van der Waals surface area (Å²) in [6, 6.07) is 12.9. The van der Waals surface area contributed by atoms with Gasteiger partial charge in [-0.25, -0.2) is 0 Å². The zero-order chi connectivity index (χ0) is 13.9. The van der Waals surface area contributed by atoms with Crippen molar-refractivity contribution in [3.63, 3.8) is 0 Å². The monoisotopic (exact) mass is 331 g/mol. The summed E-state index contributed by atoms with van der Waals surface area (Å²) >= 11 is 3.50. The highest BCUT2D eigenvalue weighted by Gasteiger charge is 2.10. The van der Waals surface area contributed by atoms with Gasteiger partial charge >= 0.3 is 0 Å². The topological polar surface area (TPSA) is 21.3 Å². The molecular formula is C17H18BrNO. The number of anilines is 1. The molecule has 0 unspecified atom stereocenters. The fraction of sp³-hybridized carbons (Fsp3) is 0.294. The zero-order valence-electron chi connectivity index (χ0n) is 11.6. The lowest BCUT2D eigenvalue weighted by molar-refractivity contribution is 0.414. The van der Waals surface area contributed by atoms with Crippen molar-refractivity contribution in [3.8, 4) is 5.75 Å². The van der Waals surface area contributed by atoms with Crippen LogP contribution in [-0.4, -0.2) is 7.11 Å². The van der Waals surface area contributed by atoms with Crippen LogP contribution < -0.4 is 10.1 Å². The Hall–Kier alpha value is -1.48. The molecule has 3 heteroatoms. The predicted octanol–water partition coefficient (Wildman–Crippen LogP) is 4.56. The molecule has 1 aliphatic carbocycles. The highest BCUT2D eigenvalue weighted by molar-refractivity contribution is 9.10. The first-order valence-electron chi connectivity index (χ1n) is 6.94. The van der Waals surface area contributed by atoms with Gasteiger partial charge in [0.2, 0.25) is 0 Å². The standard InChI is InChI=1S/C17H18BrNO/c1-20-17-9-15(18)8-16(10-17)19-11-12-5-6-13-3-2-4-14(13)7-12/h5-10,19H,2-4,11H2,1H3. The van der Waals surface area contributed by atoms with Gasteiger partial charge in [0.05, 0.1) is 7.11 Å². The van der Waals surface area contributed by atoms with Gasteiger partial charge in [-0.05, 0) is 48.1 Å². The first-order valence-corrected chi connectivity index (χ1v) is 7.73. The number of benzene rings is 2. The van der Waals surface area contributed by atoms with Crippen LogP contribution in [0.3, 0.4) is 0 Å². The molecule has 2 nitrogen and oxygen atoms in total. The average molecular weight is 332 g/mol. The summed E-state index contributed by atoms with van der Waals surface area (Å²) in [4.78, 5) is 0. The van der Waals surface area contributed by atoms with Crippen molar-refractivity contribution in [2.24, 2.45) is 0 Å². The number of hydrogen-bond donors (Lipinski definition) is 1. The molecule has 0 saturated carbocycles. The molecule has 0 bridgehead atoms. The number of halogens is 1. The molecule has 20 heavy (non-hydrogen) atoms. The Bertz CT molecular complexity index is 624. The van der Waals surface area contributed by atoms with Crippen molar-refractivity contribution < 1.29 is 4.74 Å². The number of ether oxygens (including phenoxy) is 1. The average Bonchev–Trinajstić information content (AvgIpc) is 2.92. The van der Waals surface area contributed by atoms with Crippen LogP contribution in [0.1, 0.15) is 23.1 Å². The van der Waals surface area contributed by atoms with Crippen molar-refractivity contribution in [2.75, 3.05) is 12.4 Å². The van der Waals surface area contributed by atoms with E-state index in [1.54, 1.807) is 7.11 Å². The summed E-state index contributed by atoms with van der Waals surface area (Å²) in [5.41, 5.74) is 5.45. The smallest absolute Gasteiger partial charge is 0.122 e. The normalized spacial score (nSPS) is 13.1. The van der Waals surface area contributed by atoms with Gasteiger partial charge in [-0.2, -0.15) is 0 Å². The molecule has 0 aliphatic heterocycles. The number of methoxy groups -OCH3 is 1. The van der Waals surface area contributed by atoms with Gasteiger partial charge in [-0.1, -0.05) is 34.1 Å². The SMILES string of the molecule is COc1cc(Br)cc(NCc2ccc3c(c2)CCC3)c1. The lowest BCUT2D eigenvalue weighted by Gasteiger charge is -2.10. The predicted molar refractivity (Wildman–Crippen MR) is 86.5 cm³/mol. The van der Waals surface area contributed by atoms with E-state index in [2.05, 4.69) is 45.5 Å². The Balaban J connectivity index is 1.71. The quantitative estimate of drug-likeness (QED) is 0.886. The minimum atomic E-state index is 0.840. The highest BCUT2D eigenvalue weighted by atomic mass is 79.9. The van der Waals surface area contributed by atoms with E-state index in [0.717, 1.165) is 22.5 Å². The van der Waals surface area contributed by atoms with Crippen molar-refractivity contribution >= 4 is 21.6 Å². The fourth-order valence-electron chi connectivity index (χ4n) is 2.72. The molecule has 0 heterocycles. The number of fused-ring (bicyclic) bond motifs is 1. The van der Waals surface area contributed by atoms with Crippen molar-refractivity contribution in [3.05, 3.63) is 57.6 Å². The lowest BCUT2D eigenvalue weighted by Crippen LogP contribution is -2.00. The summed E-state index contributed by atoms with van der Waals surface area (Å²) < 4.78 is 6.30. The van der Waals surface area contributed by atoms with Crippen LogP contribution in [0.2, 0.25) is 0 Å². The zero-order valence-corrected chi connectivity index (χ0v) is 13.2. The Labute approximate surface area is 128 Å². The minimum Gasteiger partial charge on any atom is -0.497 e. The Morgan fingerprint density at radius 1 is 1.10 bits per heavy atom. The third kappa shape index (κ3) is 2.98. The Morgan fingerprint density at radius 3 is 2.80 bits per heavy atom. The summed E-state index contributed by atoms with van der Waals surface area (Å²) in [6.45, 7) is 0.840. The van der Waals surface area contributed by atoms with Crippen molar-refractivity contribution in [1.29, 1.82) is 0 Å². The van der Waals surface area contributed by atoms with Gasteiger partial charge in [0.25, 0.3) is 0 Å². The molecule has 2 aromatic carbocycles. The van der Waals surface area contributed by atoms with E-state index in [-0.39, 0.29) is 0 Å². The van der Waals surface area contributed by atoms with Crippen LogP contribution >= 0.6 is 15.9 Å². The summed E-state index contributed by atoms with van der Waals surface area (Å²) in [6.07, 6.45) is 3.77. The second kappa shape index (κ2) is 5.88. The number of nitrogens with one attached hydrogen (secondary N) is 1. The number of aryl methyl sites for hydroxylation is 2. The van der Waals surface area contributed by atoms with E-state index >= 15 is 0 Å². The van der Waals surface area contributed by atoms with Gasteiger partial charge in [-0.15, -0.1) is 0 Å².